The highest BCUT2D eigenvalue weighted by molar-refractivity contribution is 6.31. The summed E-state index contributed by atoms with van der Waals surface area (Å²) in [6.45, 7) is 0.282. The van der Waals surface area contributed by atoms with Crippen LogP contribution in [0.4, 0.5) is 15.8 Å². The molecule has 0 unspecified atom stereocenters. The first kappa shape index (κ1) is 13.2. The Balaban J connectivity index is 2.10. The number of rotatable bonds is 5. The van der Waals surface area contributed by atoms with Gasteiger partial charge in [0.2, 0.25) is 5.89 Å². The fraction of sp³-hybridized carbons (Fsp3) is 0.200. The van der Waals surface area contributed by atoms with Gasteiger partial charge in [0, 0.05) is 25.1 Å². The predicted octanol–water partition coefficient (Wildman–Crippen LogP) is 2.42. The molecule has 0 bridgehead atoms. The van der Waals surface area contributed by atoms with Crippen molar-refractivity contribution in [1.82, 2.24) is 10.1 Å². The summed E-state index contributed by atoms with van der Waals surface area (Å²) in [6.07, 6.45) is 1.61. The number of benzene rings is 1. The monoisotopic (exact) mass is 286 g/mol. The van der Waals surface area contributed by atoms with Crippen LogP contribution in [0.1, 0.15) is 5.89 Å². The molecular weight excluding hydrogens is 279 g/mol. The maximum atomic E-state index is 13.3. The van der Waals surface area contributed by atoms with Crippen molar-refractivity contribution in [1.29, 1.82) is 0 Å². The van der Waals surface area contributed by atoms with Gasteiger partial charge in [-0.05, 0) is 0 Å². The van der Waals surface area contributed by atoms with Crippen LogP contribution in [-0.2, 0) is 6.42 Å². The molecule has 0 radical (unpaired) electrons. The minimum atomic E-state index is -0.729. The largest absolute Gasteiger partial charge is 0.379 e. The van der Waals surface area contributed by atoms with Gasteiger partial charge in [-0.1, -0.05) is 16.8 Å². The van der Waals surface area contributed by atoms with E-state index in [0.717, 1.165) is 12.1 Å². The number of nitro benzene ring substituents is 1. The number of halogens is 2. The lowest BCUT2D eigenvalue weighted by molar-refractivity contribution is -0.384. The quantitative estimate of drug-likeness (QED) is 0.670. The number of hydrogen-bond acceptors (Lipinski definition) is 6. The summed E-state index contributed by atoms with van der Waals surface area (Å²) in [4.78, 5) is 14.0. The normalized spacial score (nSPS) is 10.4. The van der Waals surface area contributed by atoms with Crippen LogP contribution in [0.25, 0.3) is 0 Å². The van der Waals surface area contributed by atoms with Crippen molar-refractivity contribution < 1.29 is 13.8 Å². The van der Waals surface area contributed by atoms with E-state index in [0.29, 0.717) is 12.3 Å². The van der Waals surface area contributed by atoms with Crippen molar-refractivity contribution in [2.45, 2.75) is 6.42 Å². The van der Waals surface area contributed by atoms with Crippen molar-refractivity contribution in [2.24, 2.45) is 0 Å². The third-order valence-electron chi connectivity index (χ3n) is 2.30. The average Bonchev–Trinajstić information content (AvgIpc) is 2.86. The molecule has 9 heteroatoms. The van der Waals surface area contributed by atoms with Gasteiger partial charge >= 0.3 is 0 Å². The molecule has 19 heavy (non-hydrogen) atoms. The second-order valence-corrected chi connectivity index (χ2v) is 3.96. The Morgan fingerprint density at radius 2 is 2.32 bits per heavy atom. The summed E-state index contributed by atoms with van der Waals surface area (Å²) in [5, 5.41) is 16.7. The van der Waals surface area contributed by atoms with Gasteiger partial charge < -0.3 is 9.84 Å². The third-order valence-corrected chi connectivity index (χ3v) is 2.59. The molecule has 100 valence electrons. The van der Waals surface area contributed by atoms with Crippen molar-refractivity contribution in [3.63, 3.8) is 0 Å². The zero-order valence-corrected chi connectivity index (χ0v) is 10.2. The summed E-state index contributed by atoms with van der Waals surface area (Å²) in [5.74, 6) is -0.350. The van der Waals surface area contributed by atoms with E-state index in [9.17, 15) is 14.5 Å². The van der Waals surface area contributed by atoms with E-state index in [1.807, 2.05) is 0 Å². The molecular formula is C10H8ClFN4O3. The number of nitrogens with one attached hydrogen (secondary N) is 1. The smallest absolute Gasteiger partial charge is 0.294 e. The lowest BCUT2D eigenvalue weighted by Crippen LogP contribution is -2.07. The van der Waals surface area contributed by atoms with Crippen LogP contribution in [0.2, 0.25) is 5.02 Å². The Labute approximate surface area is 111 Å². The first-order chi connectivity index (χ1) is 9.08. The van der Waals surface area contributed by atoms with Gasteiger partial charge in [-0.25, -0.2) is 4.39 Å². The SMILES string of the molecule is O=[N+]([O-])c1cc(Cl)c(F)cc1NCCc1ncno1. The van der Waals surface area contributed by atoms with E-state index in [2.05, 4.69) is 15.5 Å². The number of aromatic nitrogens is 2. The molecule has 0 atom stereocenters. The van der Waals surface area contributed by atoms with Crippen molar-refractivity contribution in [2.75, 3.05) is 11.9 Å². The molecule has 1 heterocycles. The highest BCUT2D eigenvalue weighted by Gasteiger charge is 2.17. The Morgan fingerprint density at radius 1 is 1.53 bits per heavy atom. The van der Waals surface area contributed by atoms with Crippen LogP contribution < -0.4 is 5.32 Å². The summed E-state index contributed by atoms with van der Waals surface area (Å²) < 4.78 is 18.0. The fourth-order valence-corrected chi connectivity index (χ4v) is 1.60. The van der Waals surface area contributed by atoms with Crippen molar-refractivity contribution >= 4 is 23.0 Å². The van der Waals surface area contributed by atoms with Crippen LogP contribution >= 0.6 is 11.6 Å². The second-order valence-electron chi connectivity index (χ2n) is 3.55. The molecule has 0 fully saturated rings. The first-order valence-corrected chi connectivity index (χ1v) is 5.58. The van der Waals surface area contributed by atoms with Crippen LogP contribution in [0, 0.1) is 15.9 Å². The Kier molecular flexibility index (Phi) is 3.91. The average molecular weight is 287 g/mol. The molecule has 0 amide bonds. The van der Waals surface area contributed by atoms with E-state index < -0.39 is 10.7 Å². The molecule has 0 aliphatic carbocycles. The number of nitrogens with zero attached hydrogens (tertiary/aromatic N) is 3. The van der Waals surface area contributed by atoms with Gasteiger partial charge in [-0.3, -0.25) is 10.1 Å². The van der Waals surface area contributed by atoms with E-state index in [1.54, 1.807) is 0 Å². The summed E-state index contributed by atoms with van der Waals surface area (Å²) in [6, 6.07) is 1.94. The standard InChI is InChI=1S/C10H8ClFN4O3/c11-6-3-9(16(17)18)8(4-7(6)12)13-2-1-10-14-5-15-19-10/h3-5,13H,1-2H2. The molecule has 0 aliphatic rings. The van der Waals surface area contributed by atoms with Crippen molar-refractivity contribution in [3.05, 3.63) is 45.3 Å². The van der Waals surface area contributed by atoms with Crippen LogP contribution in [0.5, 0.6) is 0 Å². The van der Waals surface area contributed by atoms with Crippen LogP contribution in [-0.4, -0.2) is 21.6 Å². The zero-order chi connectivity index (χ0) is 13.8. The molecule has 0 saturated carbocycles. The van der Waals surface area contributed by atoms with Gasteiger partial charge in [-0.2, -0.15) is 4.98 Å². The fourth-order valence-electron chi connectivity index (χ4n) is 1.44. The Hall–Kier alpha value is -2.22. The Bertz CT molecular complexity index is 591. The third kappa shape index (κ3) is 3.16. The van der Waals surface area contributed by atoms with E-state index in [-0.39, 0.29) is 22.9 Å². The molecule has 2 rings (SSSR count). The maximum Gasteiger partial charge on any atom is 0.294 e. The number of nitro groups is 1. The van der Waals surface area contributed by atoms with Crippen LogP contribution in [0.15, 0.2) is 23.0 Å². The molecule has 2 aromatic rings. The molecule has 0 spiro atoms. The highest BCUT2D eigenvalue weighted by Crippen LogP contribution is 2.30. The second kappa shape index (κ2) is 5.61. The van der Waals surface area contributed by atoms with E-state index in [1.165, 1.54) is 6.33 Å². The lowest BCUT2D eigenvalue weighted by atomic mass is 10.2. The predicted molar refractivity (Wildman–Crippen MR) is 64.6 cm³/mol. The molecule has 0 saturated heterocycles. The molecule has 1 N–H and O–H groups in total. The Morgan fingerprint density at radius 3 is 2.95 bits per heavy atom. The number of anilines is 1. The highest BCUT2D eigenvalue weighted by atomic mass is 35.5. The van der Waals surface area contributed by atoms with Gasteiger partial charge in [0.15, 0.2) is 6.33 Å². The molecule has 7 nitrogen and oxygen atoms in total. The van der Waals surface area contributed by atoms with Gasteiger partial charge in [0.25, 0.3) is 5.69 Å². The summed E-state index contributed by atoms with van der Waals surface area (Å²) >= 11 is 5.50. The van der Waals surface area contributed by atoms with Gasteiger partial charge in [0.05, 0.1) is 9.95 Å². The molecule has 1 aromatic heterocycles. The van der Waals surface area contributed by atoms with Crippen molar-refractivity contribution in [3.8, 4) is 0 Å². The minimum Gasteiger partial charge on any atom is -0.379 e. The lowest BCUT2D eigenvalue weighted by Gasteiger charge is -2.06. The summed E-state index contributed by atoms with van der Waals surface area (Å²) in [5.41, 5.74) is -0.247. The topological polar surface area (TPSA) is 94.1 Å². The van der Waals surface area contributed by atoms with Gasteiger partial charge in [0.1, 0.15) is 11.5 Å². The molecule has 1 aromatic carbocycles. The zero-order valence-electron chi connectivity index (χ0n) is 9.47. The minimum absolute atomic E-state index is 0.0476. The van der Waals surface area contributed by atoms with E-state index in [4.69, 9.17) is 16.1 Å². The van der Waals surface area contributed by atoms with E-state index >= 15 is 0 Å². The summed E-state index contributed by atoms with van der Waals surface area (Å²) in [7, 11) is 0. The van der Waals surface area contributed by atoms with Gasteiger partial charge in [-0.15, -0.1) is 0 Å². The first-order valence-electron chi connectivity index (χ1n) is 5.21. The number of hydrogen-bond donors (Lipinski definition) is 1. The van der Waals surface area contributed by atoms with Crippen LogP contribution in [0.3, 0.4) is 0 Å². The maximum absolute atomic E-state index is 13.3. The molecule has 0 aliphatic heterocycles.